The summed E-state index contributed by atoms with van der Waals surface area (Å²) in [6, 6.07) is 11.1. The summed E-state index contributed by atoms with van der Waals surface area (Å²) in [5.74, 6) is 0.272. The van der Waals surface area contributed by atoms with Gasteiger partial charge in [0.25, 0.3) is 0 Å². The van der Waals surface area contributed by atoms with Crippen LogP contribution in [0.2, 0.25) is 0 Å². The smallest absolute Gasteiger partial charge is 0.196 e. The molecule has 102 valence electrons. The number of aromatic nitrogens is 1. The average molecular weight is 267 g/mol. The number of ketones is 1. The zero-order valence-corrected chi connectivity index (χ0v) is 11.5. The van der Waals surface area contributed by atoms with Crippen LogP contribution in [0.5, 0.6) is 0 Å². The molecule has 0 radical (unpaired) electrons. The van der Waals surface area contributed by atoms with Crippen LogP contribution in [0.25, 0.3) is 0 Å². The van der Waals surface area contributed by atoms with E-state index in [-0.39, 0.29) is 5.78 Å². The summed E-state index contributed by atoms with van der Waals surface area (Å²) in [7, 11) is 2.07. The maximum atomic E-state index is 12.5. The van der Waals surface area contributed by atoms with Gasteiger partial charge in [-0.15, -0.1) is 0 Å². The van der Waals surface area contributed by atoms with Crippen molar-refractivity contribution >= 4 is 11.6 Å². The molecule has 2 heterocycles. The highest BCUT2D eigenvalue weighted by Gasteiger charge is 2.20. The van der Waals surface area contributed by atoms with Gasteiger partial charge in [0.1, 0.15) is 5.82 Å². The first-order valence-electron chi connectivity index (χ1n) is 6.71. The van der Waals surface area contributed by atoms with Gasteiger partial charge in [0.15, 0.2) is 5.78 Å². The number of fused-ring (bicyclic) bond motifs is 1. The second-order valence-corrected chi connectivity index (χ2v) is 5.21. The molecule has 4 nitrogen and oxygen atoms in total. The molecule has 0 bridgehead atoms. The number of carbonyl (C=O) groups excluding carboxylic acids is 1. The maximum absolute atomic E-state index is 12.5. The second-order valence-electron chi connectivity index (χ2n) is 5.21. The molecule has 4 heteroatoms. The quantitative estimate of drug-likeness (QED) is 0.844. The first kappa shape index (κ1) is 12.8. The van der Waals surface area contributed by atoms with Gasteiger partial charge in [0.2, 0.25) is 0 Å². The number of hydrogen-bond acceptors (Lipinski definition) is 4. The minimum atomic E-state index is -0.0633. The summed E-state index contributed by atoms with van der Waals surface area (Å²) >= 11 is 0. The summed E-state index contributed by atoms with van der Waals surface area (Å²) in [6.07, 6.45) is 0.885. The fourth-order valence-corrected chi connectivity index (χ4v) is 2.56. The zero-order chi connectivity index (χ0) is 14.1. The van der Waals surface area contributed by atoms with Crippen LogP contribution in [0, 0.1) is 0 Å². The lowest BCUT2D eigenvalue weighted by Gasteiger charge is -2.25. The summed E-state index contributed by atoms with van der Waals surface area (Å²) in [4.78, 5) is 19.1. The summed E-state index contributed by atoms with van der Waals surface area (Å²) < 4.78 is 0. The summed E-state index contributed by atoms with van der Waals surface area (Å²) in [6.45, 7) is 1.79. The Hall–Kier alpha value is -2.20. The monoisotopic (exact) mass is 267 g/mol. The molecule has 0 amide bonds. The van der Waals surface area contributed by atoms with Gasteiger partial charge < -0.3 is 10.6 Å². The molecule has 0 unspecified atom stereocenters. The van der Waals surface area contributed by atoms with E-state index in [1.807, 2.05) is 24.3 Å². The van der Waals surface area contributed by atoms with E-state index in [2.05, 4.69) is 16.9 Å². The minimum Gasteiger partial charge on any atom is -0.383 e. The lowest BCUT2D eigenvalue weighted by molar-refractivity contribution is 0.103. The van der Waals surface area contributed by atoms with Crippen LogP contribution in [0.15, 0.2) is 36.4 Å². The normalized spacial score (nSPS) is 14.8. The van der Waals surface area contributed by atoms with E-state index >= 15 is 0 Å². The Bertz CT molecular complexity index is 652. The van der Waals surface area contributed by atoms with Crippen molar-refractivity contribution in [2.24, 2.45) is 0 Å². The van der Waals surface area contributed by atoms with Gasteiger partial charge in [-0.3, -0.25) is 4.79 Å². The number of nitrogens with two attached hydrogens (primary N) is 1. The molecular formula is C16H17N3O. The summed E-state index contributed by atoms with van der Waals surface area (Å²) in [5, 5.41) is 0. The van der Waals surface area contributed by atoms with E-state index in [1.165, 1.54) is 0 Å². The van der Waals surface area contributed by atoms with E-state index in [9.17, 15) is 4.79 Å². The van der Waals surface area contributed by atoms with Gasteiger partial charge in [0, 0.05) is 30.8 Å². The van der Waals surface area contributed by atoms with Crippen LogP contribution in [0.1, 0.15) is 27.2 Å². The topological polar surface area (TPSA) is 59.2 Å². The number of rotatable bonds is 2. The molecule has 0 saturated heterocycles. The van der Waals surface area contributed by atoms with Gasteiger partial charge in [0.05, 0.1) is 5.56 Å². The molecule has 1 aromatic heterocycles. The van der Waals surface area contributed by atoms with Crippen LogP contribution >= 0.6 is 0 Å². The number of likely N-dealkylation sites (N-methyl/N-ethyl adjacent to an activating group) is 1. The minimum absolute atomic E-state index is 0.0633. The lowest BCUT2D eigenvalue weighted by Crippen LogP contribution is -2.28. The fraction of sp³-hybridized carbons (Fsp3) is 0.250. The Morgan fingerprint density at radius 1 is 1.30 bits per heavy atom. The molecule has 0 atom stereocenters. The van der Waals surface area contributed by atoms with Crippen molar-refractivity contribution in [3.63, 3.8) is 0 Å². The molecule has 0 saturated carbocycles. The molecule has 3 rings (SSSR count). The van der Waals surface area contributed by atoms with Crippen molar-refractivity contribution in [2.45, 2.75) is 13.0 Å². The van der Waals surface area contributed by atoms with Crippen LogP contribution in [-0.2, 0) is 13.0 Å². The van der Waals surface area contributed by atoms with E-state index in [1.54, 1.807) is 12.1 Å². The van der Waals surface area contributed by atoms with E-state index < -0.39 is 0 Å². The predicted octanol–water partition coefficient (Wildman–Crippen LogP) is 1.88. The Labute approximate surface area is 118 Å². The maximum Gasteiger partial charge on any atom is 0.196 e. The van der Waals surface area contributed by atoms with Crippen LogP contribution < -0.4 is 5.73 Å². The van der Waals surface area contributed by atoms with Gasteiger partial charge in [-0.1, -0.05) is 30.3 Å². The number of carbonyl (C=O) groups is 1. The van der Waals surface area contributed by atoms with Gasteiger partial charge in [-0.05, 0) is 18.7 Å². The summed E-state index contributed by atoms with van der Waals surface area (Å²) in [5.41, 5.74) is 9.24. The molecular weight excluding hydrogens is 250 g/mol. The number of pyridine rings is 1. The highest BCUT2D eigenvalue weighted by atomic mass is 16.1. The van der Waals surface area contributed by atoms with Crippen molar-refractivity contribution in [3.8, 4) is 0 Å². The standard InChI is InChI=1S/C16H17N3O/c1-19-8-7-14-12(10-19)9-13(16(17)18-14)15(20)11-5-3-2-4-6-11/h2-6,9H,7-8,10H2,1H3,(H2,17,18). The number of nitrogens with zero attached hydrogens (tertiary/aromatic N) is 2. The molecule has 1 aromatic carbocycles. The molecule has 2 aromatic rings. The van der Waals surface area contributed by atoms with Crippen LogP contribution in [0.3, 0.4) is 0 Å². The average Bonchev–Trinajstić information content (AvgIpc) is 2.47. The van der Waals surface area contributed by atoms with Crippen molar-refractivity contribution in [1.82, 2.24) is 9.88 Å². The third-order valence-electron chi connectivity index (χ3n) is 3.67. The van der Waals surface area contributed by atoms with E-state index in [0.717, 1.165) is 30.8 Å². The van der Waals surface area contributed by atoms with Gasteiger partial charge in [-0.2, -0.15) is 0 Å². The second kappa shape index (κ2) is 5.06. The molecule has 20 heavy (non-hydrogen) atoms. The molecule has 1 aliphatic heterocycles. The van der Waals surface area contributed by atoms with Gasteiger partial charge in [-0.25, -0.2) is 4.98 Å². The fourth-order valence-electron chi connectivity index (χ4n) is 2.56. The van der Waals surface area contributed by atoms with Crippen molar-refractivity contribution < 1.29 is 4.79 Å². The molecule has 1 aliphatic rings. The van der Waals surface area contributed by atoms with Crippen LogP contribution in [-0.4, -0.2) is 29.3 Å². The molecule has 0 aliphatic carbocycles. The van der Waals surface area contributed by atoms with Gasteiger partial charge >= 0.3 is 0 Å². The SMILES string of the molecule is CN1CCc2nc(N)c(C(=O)c3ccccc3)cc2C1. The third-order valence-corrected chi connectivity index (χ3v) is 3.67. The molecule has 0 spiro atoms. The highest BCUT2D eigenvalue weighted by Crippen LogP contribution is 2.23. The Kier molecular flexibility index (Phi) is 3.24. The number of hydrogen-bond donors (Lipinski definition) is 1. The zero-order valence-electron chi connectivity index (χ0n) is 11.5. The Morgan fingerprint density at radius 3 is 2.80 bits per heavy atom. The van der Waals surface area contributed by atoms with Crippen molar-refractivity contribution in [3.05, 3.63) is 58.8 Å². The lowest BCUT2D eigenvalue weighted by atomic mass is 9.98. The Balaban J connectivity index is 2.02. The van der Waals surface area contributed by atoms with Crippen molar-refractivity contribution in [2.75, 3.05) is 19.3 Å². The third kappa shape index (κ3) is 2.30. The number of nitrogen functional groups attached to an aromatic ring is 1. The molecule has 0 fully saturated rings. The number of anilines is 1. The first-order chi connectivity index (χ1) is 9.65. The predicted molar refractivity (Wildman–Crippen MR) is 78.6 cm³/mol. The number of benzene rings is 1. The Morgan fingerprint density at radius 2 is 2.05 bits per heavy atom. The largest absolute Gasteiger partial charge is 0.383 e. The van der Waals surface area contributed by atoms with E-state index in [0.29, 0.717) is 16.9 Å². The van der Waals surface area contributed by atoms with Crippen molar-refractivity contribution in [1.29, 1.82) is 0 Å². The highest BCUT2D eigenvalue weighted by molar-refractivity contribution is 6.11. The van der Waals surface area contributed by atoms with Crippen LogP contribution in [0.4, 0.5) is 5.82 Å². The first-order valence-corrected chi connectivity index (χ1v) is 6.71. The molecule has 2 N–H and O–H groups in total. The van der Waals surface area contributed by atoms with E-state index in [4.69, 9.17) is 5.73 Å².